The summed E-state index contributed by atoms with van der Waals surface area (Å²) in [6.45, 7) is 0. The molecule has 4 rings (SSSR count). The molecule has 64 valence electrons. The predicted molar refractivity (Wildman–Crippen MR) is 45.4 cm³/mol. The average Bonchev–Trinajstić information content (AvgIpc) is 2.02. The lowest BCUT2D eigenvalue weighted by Crippen LogP contribution is -2.57. The molecule has 4 atom stereocenters. The molecule has 2 saturated carbocycles. The Bertz CT molecular complexity index is 235. The predicted octanol–water partition coefficient (Wildman–Crippen LogP) is 0.905. The number of piperidine rings is 2. The van der Waals surface area contributed by atoms with Crippen molar-refractivity contribution in [2.75, 3.05) is 0 Å². The summed E-state index contributed by atoms with van der Waals surface area (Å²) in [6, 6.07) is 1.11. The molecule has 4 bridgehead atoms. The lowest BCUT2D eigenvalue weighted by Gasteiger charge is -2.50. The van der Waals surface area contributed by atoms with E-state index < -0.39 is 0 Å². The highest BCUT2D eigenvalue weighted by atomic mass is 16.1. The molecule has 2 heterocycles. The van der Waals surface area contributed by atoms with Gasteiger partial charge in [0, 0.05) is 17.7 Å². The monoisotopic (exact) mass is 163 g/mol. The smallest absolute Gasteiger partial charge is 0.125 e. The largest absolute Gasteiger partial charge is 0.307 e. The van der Waals surface area contributed by atoms with Gasteiger partial charge in [-0.05, 0) is 37.5 Å². The van der Waals surface area contributed by atoms with Gasteiger partial charge in [0.15, 0.2) is 0 Å². The van der Waals surface area contributed by atoms with E-state index in [1.54, 1.807) is 0 Å². The number of carbonyl (C=O) groups excluding carboxylic acids is 1. The van der Waals surface area contributed by atoms with Gasteiger partial charge in [0.25, 0.3) is 0 Å². The second kappa shape index (κ2) is 2.21. The summed E-state index contributed by atoms with van der Waals surface area (Å²) in [5.74, 6) is 3.64. The van der Waals surface area contributed by atoms with Gasteiger partial charge in [0.2, 0.25) is 0 Å². The standard InChI is InChI=1S/C10H13NO/c12-5-9-7-1-6-2-8(4-7)11-10(9)3-6/h6-8,10-11H,1-4H2. The van der Waals surface area contributed by atoms with E-state index in [0.29, 0.717) is 18.0 Å². The molecule has 2 aliphatic heterocycles. The second-order valence-electron chi connectivity index (χ2n) is 4.48. The quantitative estimate of drug-likeness (QED) is 0.538. The first-order chi connectivity index (χ1) is 5.86. The zero-order valence-electron chi connectivity index (χ0n) is 7.05. The molecule has 2 saturated heterocycles. The minimum absolute atomic E-state index is 0.402. The number of hydrogen-bond donors (Lipinski definition) is 1. The van der Waals surface area contributed by atoms with Crippen LogP contribution in [-0.2, 0) is 4.79 Å². The van der Waals surface area contributed by atoms with E-state index in [2.05, 4.69) is 11.3 Å². The molecule has 2 aliphatic carbocycles. The van der Waals surface area contributed by atoms with E-state index in [9.17, 15) is 4.79 Å². The highest BCUT2D eigenvalue weighted by molar-refractivity contribution is 5.57. The van der Waals surface area contributed by atoms with Crippen LogP contribution in [0.1, 0.15) is 25.7 Å². The highest BCUT2D eigenvalue weighted by Crippen LogP contribution is 2.46. The zero-order valence-corrected chi connectivity index (χ0v) is 7.05. The SMILES string of the molecule is O=C=C1C2CC3CC(C2)NC1C3. The van der Waals surface area contributed by atoms with Gasteiger partial charge in [-0.2, -0.15) is 0 Å². The van der Waals surface area contributed by atoms with Crippen LogP contribution in [0.2, 0.25) is 0 Å². The average molecular weight is 163 g/mol. The molecule has 2 heteroatoms. The van der Waals surface area contributed by atoms with Gasteiger partial charge in [-0.15, -0.1) is 0 Å². The Balaban J connectivity index is 2.00. The third-order valence-electron chi connectivity index (χ3n) is 3.74. The lowest BCUT2D eigenvalue weighted by molar-refractivity contribution is 0.111. The highest BCUT2D eigenvalue weighted by Gasteiger charge is 2.45. The van der Waals surface area contributed by atoms with E-state index in [4.69, 9.17) is 0 Å². The van der Waals surface area contributed by atoms with Crippen LogP contribution in [0.5, 0.6) is 0 Å². The molecular weight excluding hydrogens is 150 g/mol. The van der Waals surface area contributed by atoms with Crippen LogP contribution in [0.25, 0.3) is 0 Å². The van der Waals surface area contributed by atoms with E-state index in [1.165, 1.54) is 25.7 Å². The molecule has 1 N–H and O–H groups in total. The lowest BCUT2D eigenvalue weighted by atomic mass is 9.63. The van der Waals surface area contributed by atoms with Gasteiger partial charge >= 0.3 is 0 Å². The first kappa shape index (κ1) is 6.88. The fourth-order valence-electron chi connectivity index (χ4n) is 3.36. The maximum Gasteiger partial charge on any atom is 0.125 e. The fraction of sp³-hybridized carbons (Fsp3) is 0.800. The topological polar surface area (TPSA) is 29.1 Å². The molecule has 4 fully saturated rings. The Kier molecular flexibility index (Phi) is 1.27. The molecule has 0 spiro atoms. The first-order valence-corrected chi connectivity index (χ1v) is 4.87. The molecular formula is C10H13NO. The van der Waals surface area contributed by atoms with Gasteiger partial charge in [-0.3, -0.25) is 0 Å². The van der Waals surface area contributed by atoms with Crippen LogP contribution in [0.3, 0.4) is 0 Å². The minimum Gasteiger partial charge on any atom is -0.307 e. The summed E-state index contributed by atoms with van der Waals surface area (Å²) in [4.78, 5) is 10.7. The van der Waals surface area contributed by atoms with E-state index in [-0.39, 0.29) is 0 Å². The normalized spacial score (nSPS) is 49.5. The second-order valence-corrected chi connectivity index (χ2v) is 4.48. The van der Waals surface area contributed by atoms with Crippen LogP contribution >= 0.6 is 0 Å². The Morgan fingerprint density at radius 2 is 2.17 bits per heavy atom. The van der Waals surface area contributed by atoms with Crippen LogP contribution in [0.4, 0.5) is 0 Å². The molecule has 2 nitrogen and oxygen atoms in total. The van der Waals surface area contributed by atoms with Gasteiger partial charge in [-0.25, -0.2) is 4.79 Å². The Hall–Kier alpha value is -0.590. The first-order valence-electron chi connectivity index (χ1n) is 4.87. The molecule has 12 heavy (non-hydrogen) atoms. The maximum atomic E-state index is 10.7. The van der Waals surface area contributed by atoms with Crippen molar-refractivity contribution >= 4 is 5.94 Å². The van der Waals surface area contributed by atoms with Gasteiger partial charge in [0.1, 0.15) is 5.94 Å². The van der Waals surface area contributed by atoms with Crippen molar-refractivity contribution in [1.82, 2.24) is 5.32 Å². The summed E-state index contributed by atoms with van der Waals surface area (Å²) < 4.78 is 0. The Morgan fingerprint density at radius 3 is 2.83 bits per heavy atom. The van der Waals surface area contributed by atoms with Crippen LogP contribution in [0.15, 0.2) is 5.57 Å². The summed E-state index contributed by atoms with van der Waals surface area (Å²) >= 11 is 0. The molecule has 0 amide bonds. The van der Waals surface area contributed by atoms with Gasteiger partial charge in [0.05, 0.1) is 0 Å². The van der Waals surface area contributed by atoms with Crippen molar-refractivity contribution < 1.29 is 4.79 Å². The van der Waals surface area contributed by atoms with Crippen molar-refractivity contribution in [2.45, 2.75) is 37.8 Å². The summed E-state index contributed by atoms with van der Waals surface area (Å²) in [6.07, 6.45) is 4.99. The van der Waals surface area contributed by atoms with Crippen LogP contribution in [-0.4, -0.2) is 18.0 Å². The van der Waals surface area contributed by atoms with E-state index in [0.717, 1.165) is 11.5 Å². The van der Waals surface area contributed by atoms with Crippen LogP contribution < -0.4 is 5.32 Å². The number of hydrogen-bond acceptors (Lipinski definition) is 2. The molecule has 0 radical (unpaired) electrons. The molecule has 0 aromatic heterocycles. The third-order valence-corrected chi connectivity index (χ3v) is 3.74. The summed E-state index contributed by atoms with van der Waals surface area (Å²) in [5, 5.41) is 3.52. The van der Waals surface area contributed by atoms with Crippen molar-refractivity contribution in [2.24, 2.45) is 11.8 Å². The Morgan fingerprint density at radius 1 is 1.25 bits per heavy atom. The van der Waals surface area contributed by atoms with Crippen molar-refractivity contribution in [3.63, 3.8) is 0 Å². The van der Waals surface area contributed by atoms with Crippen LogP contribution in [0, 0.1) is 11.8 Å². The zero-order chi connectivity index (χ0) is 8.13. The van der Waals surface area contributed by atoms with E-state index >= 15 is 0 Å². The molecule has 4 unspecified atom stereocenters. The van der Waals surface area contributed by atoms with Gasteiger partial charge in [-0.1, -0.05) is 0 Å². The third kappa shape index (κ3) is 0.769. The van der Waals surface area contributed by atoms with Crippen molar-refractivity contribution in [3.8, 4) is 0 Å². The fourth-order valence-corrected chi connectivity index (χ4v) is 3.36. The molecule has 0 aromatic rings. The molecule has 0 aromatic carbocycles. The number of nitrogens with one attached hydrogen (secondary N) is 1. The summed E-state index contributed by atoms with van der Waals surface area (Å²) in [5.41, 5.74) is 1.04. The summed E-state index contributed by atoms with van der Waals surface area (Å²) in [7, 11) is 0. The van der Waals surface area contributed by atoms with Crippen molar-refractivity contribution in [3.05, 3.63) is 5.57 Å². The molecule has 4 aliphatic rings. The van der Waals surface area contributed by atoms with Gasteiger partial charge < -0.3 is 5.32 Å². The van der Waals surface area contributed by atoms with E-state index in [1.807, 2.05) is 0 Å². The number of rotatable bonds is 0. The minimum atomic E-state index is 0.402. The Labute approximate surface area is 72.0 Å². The maximum absolute atomic E-state index is 10.7. The van der Waals surface area contributed by atoms with Crippen molar-refractivity contribution in [1.29, 1.82) is 0 Å².